The molecule has 0 aliphatic carbocycles. The van der Waals surface area contributed by atoms with Crippen LogP contribution in [-0.2, 0) is 9.59 Å². The monoisotopic (exact) mass is 288 g/mol. The minimum atomic E-state index is -0.551. The molecule has 4 heteroatoms. The molecule has 0 saturated heterocycles. The molecule has 114 valence electrons. The minimum Gasteiger partial charge on any atom is -0.326 e. The Morgan fingerprint density at radius 3 is 2.38 bits per heavy atom. The predicted octanol–water partition coefficient (Wildman–Crippen LogP) is 3.82. The second-order valence-corrected chi connectivity index (χ2v) is 5.68. The molecule has 2 N–H and O–H groups in total. The standard InChI is InChI=1S/C17H24N2O2/c1-6-12(3)17(4,5)16(21)19-14-10-8-9-13(11-14)18-15(20)7-2/h6,8-12H,1,7H2,2-5H3,(H,18,20)(H,19,21). The van der Waals surface area contributed by atoms with Crippen molar-refractivity contribution in [1.29, 1.82) is 0 Å². The van der Waals surface area contributed by atoms with Crippen molar-refractivity contribution in [1.82, 2.24) is 0 Å². The van der Waals surface area contributed by atoms with Crippen molar-refractivity contribution in [2.75, 3.05) is 10.6 Å². The average molecular weight is 288 g/mol. The van der Waals surface area contributed by atoms with Gasteiger partial charge in [0.25, 0.3) is 0 Å². The lowest BCUT2D eigenvalue weighted by Crippen LogP contribution is -2.35. The average Bonchev–Trinajstić information content (AvgIpc) is 2.46. The Labute approximate surface area is 126 Å². The molecule has 0 aliphatic heterocycles. The van der Waals surface area contributed by atoms with E-state index in [2.05, 4.69) is 17.2 Å². The van der Waals surface area contributed by atoms with Crippen molar-refractivity contribution in [2.24, 2.45) is 11.3 Å². The Bertz CT molecular complexity index is 535. The Balaban J connectivity index is 2.84. The van der Waals surface area contributed by atoms with Crippen molar-refractivity contribution in [3.8, 4) is 0 Å². The van der Waals surface area contributed by atoms with Crippen LogP contribution in [0.5, 0.6) is 0 Å². The lowest BCUT2D eigenvalue weighted by atomic mass is 9.79. The predicted molar refractivity (Wildman–Crippen MR) is 87.1 cm³/mol. The van der Waals surface area contributed by atoms with E-state index in [1.807, 2.05) is 20.8 Å². The molecule has 0 fully saturated rings. The molecular weight excluding hydrogens is 264 g/mol. The van der Waals surface area contributed by atoms with Crippen molar-refractivity contribution >= 4 is 23.2 Å². The van der Waals surface area contributed by atoms with Crippen molar-refractivity contribution in [3.05, 3.63) is 36.9 Å². The molecule has 1 unspecified atom stereocenters. The van der Waals surface area contributed by atoms with Crippen LogP contribution < -0.4 is 10.6 Å². The summed E-state index contributed by atoms with van der Waals surface area (Å²) in [4.78, 5) is 23.8. The van der Waals surface area contributed by atoms with E-state index < -0.39 is 5.41 Å². The largest absolute Gasteiger partial charge is 0.326 e. The number of carbonyl (C=O) groups is 2. The van der Waals surface area contributed by atoms with Crippen LogP contribution in [0.2, 0.25) is 0 Å². The highest BCUT2D eigenvalue weighted by Gasteiger charge is 2.32. The van der Waals surface area contributed by atoms with Crippen LogP contribution >= 0.6 is 0 Å². The van der Waals surface area contributed by atoms with Crippen LogP contribution in [0.1, 0.15) is 34.1 Å². The van der Waals surface area contributed by atoms with Crippen LogP contribution in [0, 0.1) is 11.3 Å². The van der Waals surface area contributed by atoms with Gasteiger partial charge in [0.2, 0.25) is 11.8 Å². The van der Waals surface area contributed by atoms with Crippen LogP contribution in [0.3, 0.4) is 0 Å². The molecule has 4 nitrogen and oxygen atoms in total. The summed E-state index contributed by atoms with van der Waals surface area (Å²) >= 11 is 0. The zero-order valence-electron chi connectivity index (χ0n) is 13.2. The van der Waals surface area contributed by atoms with Gasteiger partial charge in [0.15, 0.2) is 0 Å². The summed E-state index contributed by atoms with van der Waals surface area (Å²) in [7, 11) is 0. The van der Waals surface area contributed by atoms with Gasteiger partial charge in [-0.15, -0.1) is 6.58 Å². The molecule has 0 spiro atoms. The summed E-state index contributed by atoms with van der Waals surface area (Å²) in [6.45, 7) is 11.3. The topological polar surface area (TPSA) is 58.2 Å². The fourth-order valence-electron chi connectivity index (χ4n) is 1.72. The molecule has 1 rings (SSSR count). The number of rotatable bonds is 6. The highest BCUT2D eigenvalue weighted by atomic mass is 16.2. The van der Waals surface area contributed by atoms with Crippen LogP contribution in [0.15, 0.2) is 36.9 Å². The number of benzene rings is 1. The summed E-state index contributed by atoms with van der Waals surface area (Å²) in [6, 6.07) is 7.14. The number of carbonyl (C=O) groups excluding carboxylic acids is 2. The Kier molecular flexibility index (Phi) is 5.70. The first kappa shape index (κ1) is 17.0. The van der Waals surface area contributed by atoms with E-state index >= 15 is 0 Å². The molecule has 0 aromatic heterocycles. The zero-order valence-corrected chi connectivity index (χ0v) is 13.2. The van der Waals surface area contributed by atoms with Crippen molar-refractivity contribution < 1.29 is 9.59 Å². The molecule has 1 aromatic rings. The van der Waals surface area contributed by atoms with E-state index in [-0.39, 0.29) is 17.7 Å². The van der Waals surface area contributed by atoms with Crippen molar-refractivity contribution in [3.63, 3.8) is 0 Å². The SMILES string of the molecule is C=CC(C)C(C)(C)C(=O)Nc1cccc(NC(=O)CC)c1. The van der Waals surface area contributed by atoms with Gasteiger partial charge in [0, 0.05) is 23.2 Å². The van der Waals surface area contributed by atoms with Crippen LogP contribution in [0.25, 0.3) is 0 Å². The zero-order chi connectivity index (χ0) is 16.0. The molecule has 0 radical (unpaired) electrons. The summed E-state index contributed by atoms with van der Waals surface area (Å²) in [5, 5.41) is 5.66. The van der Waals surface area contributed by atoms with Gasteiger partial charge in [-0.2, -0.15) is 0 Å². The molecule has 0 heterocycles. The first-order chi connectivity index (χ1) is 9.81. The van der Waals surface area contributed by atoms with Gasteiger partial charge in [-0.3, -0.25) is 9.59 Å². The third-order valence-corrected chi connectivity index (χ3v) is 3.80. The van der Waals surface area contributed by atoms with E-state index in [0.717, 1.165) is 0 Å². The molecule has 0 bridgehead atoms. The lowest BCUT2D eigenvalue weighted by molar-refractivity contribution is -0.125. The third-order valence-electron chi connectivity index (χ3n) is 3.80. The smallest absolute Gasteiger partial charge is 0.230 e. The van der Waals surface area contributed by atoms with Gasteiger partial charge in [0.1, 0.15) is 0 Å². The van der Waals surface area contributed by atoms with Gasteiger partial charge < -0.3 is 10.6 Å². The normalized spacial score (nSPS) is 12.4. The third kappa shape index (κ3) is 4.45. The second kappa shape index (κ2) is 7.07. The van der Waals surface area contributed by atoms with Gasteiger partial charge >= 0.3 is 0 Å². The number of allylic oxidation sites excluding steroid dienone is 1. The number of hydrogen-bond acceptors (Lipinski definition) is 2. The second-order valence-electron chi connectivity index (χ2n) is 5.68. The van der Waals surface area contributed by atoms with Gasteiger partial charge in [-0.05, 0) is 24.1 Å². The highest BCUT2D eigenvalue weighted by molar-refractivity contribution is 5.96. The van der Waals surface area contributed by atoms with E-state index in [1.54, 1.807) is 37.3 Å². The van der Waals surface area contributed by atoms with Gasteiger partial charge in [-0.1, -0.05) is 39.8 Å². The fourth-order valence-corrected chi connectivity index (χ4v) is 1.72. The number of anilines is 2. The maximum absolute atomic E-state index is 12.4. The van der Waals surface area contributed by atoms with Crippen LogP contribution in [-0.4, -0.2) is 11.8 Å². The molecule has 1 aromatic carbocycles. The van der Waals surface area contributed by atoms with Gasteiger partial charge in [0.05, 0.1) is 0 Å². The lowest BCUT2D eigenvalue weighted by Gasteiger charge is -2.28. The van der Waals surface area contributed by atoms with E-state index in [4.69, 9.17) is 0 Å². The molecule has 0 saturated carbocycles. The molecule has 21 heavy (non-hydrogen) atoms. The quantitative estimate of drug-likeness (QED) is 0.782. The number of hydrogen-bond donors (Lipinski definition) is 2. The maximum atomic E-state index is 12.4. The number of nitrogens with one attached hydrogen (secondary N) is 2. The van der Waals surface area contributed by atoms with Gasteiger partial charge in [-0.25, -0.2) is 0 Å². The minimum absolute atomic E-state index is 0.0560. The van der Waals surface area contributed by atoms with Crippen molar-refractivity contribution in [2.45, 2.75) is 34.1 Å². The fraction of sp³-hybridized carbons (Fsp3) is 0.412. The first-order valence-corrected chi connectivity index (χ1v) is 7.15. The first-order valence-electron chi connectivity index (χ1n) is 7.15. The Hall–Kier alpha value is -2.10. The van der Waals surface area contributed by atoms with E-state index in [9.17, 15) is 9.59 Å². The molecule has 0 aliphatic rings. The molecule has 2 amide bonds. The molecule has 1 atom stereocenters. The summed E-state index contributed by atoms with van der Waals surface area (Å²) in [5.41, 5.74) is 0.789. The Morgan fingerprint density at radius 2 is 1.86 bits per heavy atom. The van der Waals surface area contributed by atoms with E-state index in [1.165, 1.54) is 0 Å². The summed E-state index contributed by atoms with van der Waals surface area (Å²) < 4.78 is 0. The number of amides is 2. The summed E-state index contributed by atoms with van der Waals surface area (Å²) in [5.74, 6) is -0.0755. The Morgan fingerprint density at radius 1 is 1.29 bits per heavy atom. The summed E-state index contributed by atoms with van der Waals surface area (Å²) in [6.07, 6.45) is 2.19. The van der Waals surface area contributed by atoms with Crippen LogP contribution in [0.4, 0.5) is 11.4 Å². The van der Waals surface area contributed by atoms with E-state index in [0.29, 0.717) is 17.8 Å². The maximum Gasteiger partial charge on any atom is 0.230 e. The highest BCUT2D eigenvalue weighted by Crippen LogP contribution is 2.29. The molecular formula is C17H24N2O2.